The Balaban J connectivity index is 2.46. The van der Waals surface area contributed by atoms with Gasteiger partial charge in [-0.3, -0.25) is 0 Å². The lowest BCUT2D eigenvalue weighted by Gasteiger charge is -1.94. The van der Waals surface area contributed by atoms with Crippen LogP contribution in [-0.2, 0) is 0 Å². The van der Waals surface area contributed by atoms with Crippen LogP contribution in [0.5, 0.6) is 0 Å². The molecule has 66 valence electrons. The molecule has 0 saturated carbocycles. The Hall–Kier alpha value is -1.64. The van der Waals surface area contributed by atoms with Gasteiger partial charge in [0.25, 0.3) is 0 Å². The second kappa shape index (κ2) is 3.01. The molecule has 0 radical (unpaired) electrons. The van der Waals surface area contributed by atoms with Crippen LogP contribution in [0.2, 0.25) is 0 Å². The molecule has 3 heteroatoms. The Labute approximate surface area is 75.0 Å². The van der Waals surface area contributed by atoms with Crippen LogP contribution in [0.3, 0.4) is 0 Å². The third-order valence-electron chi connectivity index (χ3n) is 1.73. The van der Waals surface area contributed by atoms with Crippen molar-refractivity contribution in [3.63, 3.8) is 0 Å². The zero-order valence-electron chi connectivity index (χ0n) is 7.12. The Morgan fingerprint density at radius 1 is 1.38 bits per heavy atom. The molecule has 0 spiro atoms. The van der Waals surface area contributed by atoms with Crippen molar-refractivity contribution in [3.05, 3.63) is 42.2 Å². The highest BCUT2D eigenvalue weighted by Gasteiger charge is 2.03. The lowest BCUT2D eigenvalue weighted by Crippen LogP contribution is -1.76. The van der Waals surface area contributed by atoms with Crippen LogP contribution in [0.15, 0.2) is 34.9 Å². The van der Waals surface area contributed by atoms with Crippen molar-refractivity contribution in [3.8, 4) is 11.3 Å². The van der Waals surface area contributed by atoms with Gasteiger partial charge in [0.1, 0.15) is 5.82 Å². The normalized spacial score (nSPS) is 10.3. The first kappa shape index (κ1) is 7.98. The highest BCUT2D eigenvalue weighted by atomic mass is 19.1. The summed E-state index contributed by atoms with van der Waals surface area (Å²) in [5.74, 6) is 0.905. The van der Waals surface area contributed by atoms with E-state index in [1.807, 2.05) is 0 Å². The van der Waals surface area contributed by atoms with Crippen LogP contribution < -0.4 is 0 Å². The van der Waals surface area contributed by atoms with E-state index in [1.54, 1.807) is 25.3 Å². The molecule has 0 N–H and O–H groups in total. The smallest absolute Gasteiger partial charge is 0.191 e. The van der Waals surface area contributed by atoms with E-state index in [0.717, 1.165) is 0 Å². The van der Waals surface area contributed by atoms with E-state index < -0.39 is 0 Å². The van der Waals surface area contributed by atoms with Gasteiger partial charge in [0.2, 0.25) is 0 Å². The van der Waals surface area contributed by atoms with Crippen molar-refractivity contribution in [2.24, 2.45) is 0 Å². The second-order valence-electron chi connectivity index (χ2n) is 2.75. The minimum atomic E-state index is -0.272. The van der Waals surface area contributed by atoms with Gasteiger partial charge in [0.15, 0.2) is 11.7 Å². The lowest BCUT2D eigenvalue weighted by atomic mass is 10.2. The van der Waals surface area contributed by atoms with Crippen LogP contribution in [0, 0.1) is 12.7 Å². The predicted octanol–water partition coefficient (Wildman–Crippen LogP) is 2.79. The molecular weight excluding hydrogens is 169 g/mol. The molecule has 2 aromatic rings. The number of benzene rings is 1. The number of hydrogen-bond acceptors (Lipinski definition) is 2. The van der Waals surface area contributed by atoms with E-state index in [1.165, 1.54) is 12.1 Å². The van der Waals surface area contributed by atoms with Gasteiger partial charge < -0.3 is 4.42 Å². The van der Waals surface area contributed by atoms with E-state index in [2.05, 4.69) is 4.98 Å². The SMILES string of the molecule is Cc1ncc(-c2cccc(F)c2)o1. The summed E-state index contributed by atoms with van der Waals surface area (Å²) in [4.78, 5) is 3.93. The van der Waals surface area contributed by atoms with Crippen LogP contribution in [0.25, 0.3) is 11.3 Å². The summed E-state index contributed by atoms with van der Waals surface area (Å²) in [6.45, 7) is 1.75. The van der Waals surface area contributed by atoms with Crippen LogP contribution in [-0.4, -0.2) is 4.98 Å². The van der Waals surface area contributed by atoms with Gasteiger partial charge in [-0.05, 0) is 12.1 Å². The molecule has 13 heavy (non-hydrogen) atoms. The first-order valence-corrected chi connectivity index (χ1v) is 3.94. The van der Waals surface area contributed by atoms with Gasteiger partial charge in [-0.1, -0.05) is 12.1 Å². The fourth-order valence-corrected chi connectivity index (χ4v) is 1.14. The molecule has 2 rings (SSSR count). The first-order valence-electron chi connectivity index (χ1n) is 3.94. The zero-order chi connectivity index (χ0) is 9.26. The van der Waals surface area contributed by atoms with E-state index >= 15 is 0 Å². The fraction of sp³-hybridized carbons (Fsp3) is 0.100. The van der Waals surface area contributed by atoms with Gasteiger partial charge in [-0.15, -0.1) is 0 Å². The zero-order valence-corrected chi connectivity index (χ0v) is 7.12. The summed E-state index contributed by atoms with van der Waals surface area (Å²) < 4.78 is 18.0. The summed E-state index contributed by atoms with van der Waals surface area (Å²) in [6.07, 6.45) is 1.59. The quantitative estimate of drug-likeness (QED) is 0.669. The molecule has 0 unspecified atom stereocenters. The summed E-state index contributed by atoms with van der Waals surface area (Å²) in [5, 5.41) is 0. The molecule has 0 aliphatic carbocycles. The van der Waals surface area contributed by atoms with E-state index in [0.29, 0.717) is 17.2 Å². The first-order chi connectivity index (χ1) is 6.25. The molecule has 0 saturated heterocycles. The van der Waals surface area contributed by atoms with Crippen molar-refractivity contribution in [2.75, 3.05) is 0 Å². The maximum absolute atomic E-state index is 12.8. The average molecular weight is 177 g/mol. The topological polar surface area (TPSA) is 26.0 Å². The Kier molecular flexibility index (Phi) is 1.85. The van der Waals surface area contributed by atoms with Crippen LogP contribution in [0.4, 0.5) is 4.39 Å². The standard InChI is InChI=1S/C10H8FNO/c1-7-12-6-10(13-7)8-3-2-4-9(11)5-8/h2-6H,1H3. The molecular formula is C10H8FNO. The molecule has 0 aliphatic rings. The van der Waals surface area contributed by atoms with Crippen LogP contribution >= 0.6 is 0 Å². The van der Waals surface area contributed by atoms with Crippen molar-refractivity contribution < 1.29 is 8.81 Å². The summed E-state index contributed by atoms with van der Waals surface area (Å²) >= 11 is 0. The molecule has 0 aliphatic heterocycles. The van der Waals surface area contributed by atoms with Crippen molar-refractivity contribution in [2.45, 2.75) is 6.92 Å². The van der Waals surface area contributed by atoms with Crippen molar-refractivity contribution in [1.29, 1.82) is 0 Å². The number of aromatic nitrogens is 1. The van der Waals surface area contributed by atoms with E-state index in [4.69, 9.17) is 4.42 Å². The maximum Gasteiger partial charge on any atom is 0.191 e. The third-order valence-corrected chi connectivity index (χ3v) is 1.73. The van der Waals surface area contributed by atoms with Gasteiger partial charge in [0.05, 0.1) is 6.20 Å². The molecule has 0 fully saturated rings. The number of rotatable bonds is 1. The second-order valence-corrected chi connectivity index (χ2v) is 2.75. The predicted molar refractivity (Wildman–Crippen MR) is 46.6 cm³/mol. The van der Waals surface area contributed by atoms with Gasteiger partial charge in [-0.2, -0.15) is 0 Å². The maximum atomic E-state index is 12.8. The molecule has 1 aromatic heterocycles. The summed E-state index contributed by atoms with van der Waals surface area (Å²) in [6, 6.07) is 6.23. The third kappa shape index (κ3) is 1.59. The van der Waals surface area contributed by atoms with Crippen molar-refractivity contribution >= 4 is 0 Å². The number of hydrogen-bond donors (Lipinski definition) is 0. The largest absolute Gasteiger partial charge is 0.441 e. The Bertz CT molecular complexity index is 422. The number of halogens is 1. The Morgan fingerprint density at radius 3 is 2.85 bits per heavy atom. The molecule has 0 amide bonds. The highest BCUT2D eigenvalue weighted by molar-refractivity contribution is 5.55. The number of aryl methyl sites for hydroxylation is 1. The summed E-state index contributed by atoms with van der Waals surface area (Å²) in [5.41, 5.74) is 0.709. The molecule has 1 aromatic carbocycles. The molecule has 1 heterocycles. The summed E-state index contributed by atoms with van der Waals surface area (Å²) in [7, 11) is 0. The lowest BCUT2D eigenvalue weighted by molar-refractivity contribution is 0.533. The minimum Gasteiger partial charge on any atom is -0.441 e. The monoisotopic (exact) mass is 177 g/mol. The van der Waals surface area contributed by atoms with Crippen molar-refractivity contribution in [1.82, 2.24) is 4.98 Å². The van der Waals surface area contributed by atoms with Gasteiger partial charge in [0, 0.05) is 12.5 Å². The fourth-order valence-electron chi connectivity index (χ4n) is 1.14. The van der Waals surface area contributed by atoms with Crippen LogP contribution in [0.1, 0.15) is 5.89 Å². The van der Waals surface area contributed by atoms with Gasteiger partial charge >= 0.3 is 0 Å². The Morgan fingerprint density at radius 2 is 2.23 bits per heavy atom. The van der Waals surface area contributed by atoms with E-state index in [9.17, 15) is 4.39 Å². The molecule has 2 nitrogen and oxygen atoms in total. The average Bonchev–Trinajstić information content (AvgIpc) is 2.52. The van der Waals surface area contributed by atoms with E-state index in [-0.39, 0.29) is 5.82 Å². The highest BCUT2D eigenvalue weighted by Crippen LogP contribution is 2.20. The minimum absolute atomic E-state index is 0.272. The number of oxazole rings is 1. The van der Waals surface area contributed by atoms with Gasteiger partial charge in [-0.25, -0.2) is 9.37 Å². The number of nitrogens with zero attached hydrogens (tertiary/aromatic N) is 1. The molecule has 0 bridgehead atoms. The molecule has 0 atom stereocenters.